The fourth-order valence-corrected chi connectivity index (χ4v) is 5.58. The lowest BCUT2D eigenvalue weighted by molar-refractivity contribution is 0.0752. The number of phenols is 1. The van der Waals surface area contributed by atoms with Crippen LogP contribution in [0.2, 0.25) is 0 Å². The third-order valence-electron chi connectivity index (χ3n) is 8.17. The first-order valence-corrected chi connectivity index (χ1v) is 16.8. The minimum Gasteiger partial charge on any atom is -0.506 e. The van der Waals surface area contributed by atoms with Crippen molar-refractivity contribution in [2.45, 2.75) is 32.9 Å². The molecule has 0 saturated carbocycles. The Labute approximate surface area is 294 Å². The molecular weight excluding hydrogens is 647 g/mol. The normalized spacial score (nSPS) is 11.8. The van der Waals surface area contributed by atoms with Crippen LogP contribution < -0.4 is 21.3 Å². The predicted molar refractivity (Wildman–Crippen MR) is 199 cm³/mol. The fraction of sp³-hybridized carbons (Fsp3) is 0.179. The highest BCUT2D eigenvalue weighted by Crippen LogP contribution is 2.33. The SMILES string of the molecule is CCCOC(C)CNc1nc(Nc2ccc(-c3ccc4nc(Nc5ccccc5O)nc(NCc5ccco5)c4c3)cc2F)nc2ccccc12. The first-order valence-electron chi connectivity index (χ1n) is 16.8. The van der Waals surface area contributed by atoms with Crippen LogP contribution in [-0.2, 0) is 11.3 Å². The molecule has 0 aliphatic carbocycles. The first kappa shape index (κ1) is 33.2. The van der Waals surface area contributed by atoms with Gasteiger partial charge < -0.3 is 35.5 Å². The van der Waals surface area contributed by atoms with Crippen LogP contribution in [0.3, 0.4) is 0 Å². The Morgan fingerprint density at radius 3 is 2.22 bits per heavy atom. The molecule has 0 aliphatic rings. The van der Waals surface area contributed by atoms with Crippen molar-refractivity contribution < 1.29 is 18.7 Å². The van der Waals surface area contributed by atoms with E-state index < -0.39 is 5.82 Å². The second kappa shape index (κ2) is 15.1. The summed E-state index contributed by atoms with van der Waals surface area (Å²) >= 11 is 0. The van der Waals surface area contributed by atoms with Crippen molar-refractivity contribution in [3.8, 4) is 16.9 Å². The van der Waals surface area contributed by atoms with Gasteiger partial charge in [0.2, 0.25) is 11.9 Å². The van der Waals surface area contributed by atoms with Crippen LogP contribution in [-0.4, -0.2) is 44.3 Å². The summed E-state index contributed by atoms with van der Waals surface area (Å²) in [6, 6.07) is 28.9. The largest absolute Gasteiger partial charge is 0.506 e. The number of hydrogen-bond donors (Lipinski definition) is 5. The number of fused-ring (bicyclic) bond motifs is 2. The lowest BCUT2D eigenvalue weighted by atomic mass is 10.0. The summed E-state index contributed by atoms with van der Waals surface area (Å²) in [6.07, 6.45) is 2.55. The molecule has 0 saturated heterocycles. The van der Waals surface area contributed by atoms with Gasteiger partial charge in [-0.05, 0) is 85.1 Å². The van der Waals surface area contributed by atoms with Crippen molar-refractivity contribution in [2.24, 2.45) is 0 Å². The number of furan rings is 1. The predicted octanol–water partition coefficient (Wildman–Crippen LogP) is 9.00. The van der Waals surface area contributed by atoms with Gasteiger partial charge in [0.25, 0.3) is 0 Å². The minimum atomic E-state index is -0.463. The first-order chi connectivity index (χ1) is 24.9. The number of nitrogens with zero attached hydrogens (tertiary/aromatic N) is 4. The highest BCUT2D eigenvalue weighted by Gasteiger charge is 2.15. The molecule has 0 spiro atoms. The fourth-order valence-electron chi connectivity index (χ4n) is 5.58. The Morgan fingerprint density at radius 2 is 1.45 bits per heavy atom. The number of benzene rings is 4. The Morgan fingerprint density at radius 1 is 0.745 bits per heavy atom. The second-order valence-corrected chi connectivity index (χ2v) is 12.0. The summed E-state index contributed by atoms with van der Waals surface area (Å²) in [6.45, 7) is 5.72. The molecule has 1 unspecified atom stereocenters. The van der Waals surface area contributed by atoms with Crippen LogP contribution in [0.15, 0.2) is 108 Å². The molecule has 11 nitrogen and oxygen atoms in total. The molecule has 258 valence electrons. The summed E-state index contributed by atoms with van der Waals surface area (Å²) in [5, 5.41) is 24.8. The van der Waals surface area contributed by atoms with Crippen molar-refractivity contribution in [2.75, 3.05) is 34.4 Å². The van der Waals surface area contributed by atoms with E-state index in [2.05, 4.69) is 43.1 Å². The van der Waals surface area contributed by atoms with Crippen LogP contribution >= 0.6 is 0 Å². The van der Waals surface area contributed by atoms with E-state index in [1.165, 1.54) is 6.07 Å². The molecule has 4 aromatic carbocycles. The third-order valence-corrected chi connectivity index (χ3v) is 8.17. The van der Waals surface area contributed by atoms with Gasteiger partial charge in [-0.3, -0.25) is 0 Å². The molecule has 1 atom stereocenters. The lowest BCUT2D eigenvalue weighted by Gasteiger charge is -2.16. The molecule has 0 bridgehead atoms. The Hall–Kier alpha value is -6.27. The van der Waals surface area contributed by atoms with Crippen molar-refractivity contribution in [3.05, 3.63) is 115 Å². The molecule has 0 radical (unpaired) electrons. The van der Waals surface area contributed by atoms with E-state index in [0.717, 1.165) is 34.0 Å². The summed E-state index contributed by atoms with van der Waals surface area (Å²) in [7, 11) is 0. The Kier molecular flexibility index (Phi) is 9.84. The van der Waals surface area contributed by atoms with Crippen molar-refractivity contribution in [3.63, 3.8) is 0 Å². The van der Waals surface area contributed by atoms with Gasteiger partial charge in [0, 0.05) is 23.9 Å². The van der Waals surface area contributed by atoms with E-state index in [0.29, 0.717) is 54.0 Å². The summed E-state index contributed by atoms with van der Waals surface area (Å²) in [4.78, 5) is 18.7. The van der Waals surface area contributed by atoms with Crippen LogP contribution in [0.5, 0.6) is 5.75 Å². The molecule has 3 aromatic heterocycles. The molecule has 3 heterocycles. The summed E-state index contributed by atoms with van der Waals surface area (Å²) in [5.41, 5.74) is 3.53. The maximum Gasteiger partial charge on any atom is 0.229 e. The van der Waals surface area contributed by atoms with Crippen molar-refractivity contribution in [1.29, 1.82) is 0 Å². The van der Waals surface area contributed by atoms with Gasteiger partial charge in [-0.2, -0.15) is 9.97 Å². The average Bonchev–Trinajstić information content (AvgIpc) is 3.67. The standard InChI is InChI=1S/C39H37FN8O3/c1-3-18-50-24(2)22-41-36-28-10-4-5-11-31(28)43-38(47-36)45-33-17-15-26(21-30(33)40)25-14-16-32-29(20-25)37(42-23-27-9-8-19-51-27)48-39(44-32)46-34-12-6-7-13-35(34)49/h4-17,19-21,24,49H,3,18,22-23H2,1-2H3,(H2,41,43,45,47)(H2,42,44,46,48). The maximum absolute atomic E-state index is 15.7. The smallest absolute Gasteiger partial charge is 0.229 e. The lowest BCUT2D eigenvalue weighted by Crippen LogP contribution is -2.21. The molecule has 5 N–H and O–H groups in total. The molecule has 0 fully saturated rings. The zero-order chi connectivity index (χ0) is 35.2. The number of hydrogen-bond acceptors (Lipinski definition) is 11. The van der Waals surface area contributed by atoms with Gasteiger partial charge in [0.05, 0.1) is 41.3 Å². The summed E-state index contributed by atoms with van der Waals surface area (Å²) in [5.74, 6) is 2.10. The van der Waals surface area contributed by atoms with Crippen LogP contribution in [0, 0.1) is 5.82 Å². The van der Waals surface area contributed by atoms with E-state index in [4.69, 9.17) is 14.1 Å². The van der Waals surface area contributed by atoms with E-state index in [-0.39, 0.29) is 23.5 Å². The van der Waals surface area contributed by atoms with Gasteiger partial charge in [-0.15, -0.1) is 0 Å². The Balaban J connectivity index is 1.16. The third kappa shape index (κ3) is 7.81. The molecule has 7 rings (SSSR count). The number of anilines is 6. The number of aromatic hydroxyl groups is 1. The maximum atomic E-state index is 15.7. The van der Waals surface area contributed by atoms with Gasteiger partial charge in [-0.25, -0.2) is 14.4 Å². The molecule has 0 amide bonds. The highest BCUT2D eigenvalue weighted by molar-refractivity contribution is 5.94. The van der Waals surface area contributed by atoms with E-state index in [9.17, 15) is 5.11 Å². The number of halogens is 1. The zero-order valence-electron chi connectivity index (χ0n) is 28.2. The van der Waals surface area contributed by atoms with Crippen LogP contribution in [0.25, 0.3) is 32.9 Å². The molecule has 7 aromatic rings. The quantitative estimate of drug-likeness (QED) is 0.0701. The number of phenolic OH excluding ortho intramolecular Hbond substituents is 1. The monoisotopic (exact) mass is 684 g/mol. The van der Waals surface area contributed by atoms with Crippen molar-refractivity contribution >= 4 is 56.7 Å². The number of nitrogens with one attached hydrogen (secondary N) is 4. The number of aromatic nitrogens is 4. The topological polar surface area (TPSA) is 142 Å². The second-order valence-electron chi connectivity index (χ2n) is 12.0. The average molecular weight is 685 g/mol. The van der Waals surface area contributed by atoms with Gasteiger partial charge in [0.1, 0.15) is 29.0 Å². The van der Waals surface area contributed by atoms with Crippen molar-refractivity contribution in [1.82, 2.24) is 19.9 Å². The van der Waals surface area contributed by atoms with E-state index >= 15 is 4.39 Å². The highest BCUT2D eigenvalue weighted by atomic mass is 19.1. The van der Waals surface area contributed by atoms with Crippen LogP contribution in [0.4, 0.5) is 39.3 Å². The van der Waals surface area contributed by atoms with Gasteiger partial charge in [0.15, 0.2) is 0 Å². The number of ether oxygens (including phenoxy) is 1. The number of rotatable bonds is 14. The molecule has 51 heavy (non-hydrogen) atoms. The molecular formula is C39H37FN8O3. The molecule has 0 aliphatic heterocycles. The van der Waals surface area contributed by atoms with Gasteiger partial charge >= 0.3 is 0 Å². The van der Waals surface area contributed by atoms with E-state index in [1.54, 1.807) is 36.6 Å². The number of para-hydroxylation sites is 3. The van der Waals surface area contributed by atoms with E-state index in [1.807, 2.05) is 67.6 Å². The van der Waals surface area contributed by atoms with Gasteiger partial charge in [-0.1, -0.05) is 43.3 Å². The Bertz CT molecular complexity index is 2280. The van der Waals surface area contributed by atoms with Crippen LogP contribution in [0.1, 0.15) is 26.0 Å². The molecule has 12 heteroatoms. The zero-order valence-corrected chi connectivity index (χ0v) is 28.2. The minimum absolute atomic E-state index is 0.00732. The summed E-state index contributed by atoms with van der Waals surface area (Å²) < 4.78 is 27.1.